The van der Waals surface area contributed by atoms with Crippen molar-refractivity contribution in [2.75, 3.05) is 6.54 Å². The van der Waals surface area contributed by atoms with Crippen LogP contribution in [0.5, 0.6) is 0 Å². The molecule has 1 fully saturated rings. The Bertz CT molecular complexity index is 370. The monoisotopic (exact) mass is 299 g/mol. The summed E-state index contributed by atoms with van der Waals surface area (Å²) < 4.78 is 6.61. The number of hydrogen-bond acceptors (Lipinski definition) is 2. The van der Waals surface area contributed by atoms with Crippen LogP contribution in [0.3, 0.4) is 0 Å². The summed E-state index contributed by atoms with van der Waals surface area (Å²) in [6.45, 7) is 7.85. The fourth-order valence-electron chi connectivity index (χ4n) is 3.47. The molecule has 1 aliphatic carbocycles. The molecule has 2 atom stereocenters. The quantitative estimate of drug-likeness (QED) is 0.876. The molecule has 1 aromatic rings. The molecule has 1 aromatic heterocycles. The Balaban J connectivity index is 2.20. The van der Waals surface area contributed by atoms with E-state index in [-0.39, 0.29) is 0 Å². The van der Waals surface area contributed by atoms with Gasteiger partial charge < -0.3 is 9.73 Å². The Morgan fingerprint density at radius 3 is 2.53 bits per heavy atom. The highest BCUT2D eigenvalue weighted by Crippen LogP contribution is 2.57. The second-order valence-electron chi connectivity index (χ2n) is 4.98. The molecule has 3 heteroatoms. The van der Waals surface area contributed by atoms with Crippen LogP contribution in [0.4, 0.5) is 0 Å². The summed E-state index contributed by atoms with van der Waals surface area (Å²) in [7, 11) is 0. The molecule has 0 amide bonds. The number of hydrogen-bond donors (Lipinski definition) is 1. The Labute approximate surface area is 112 Å². The third-order valence-corrected chi connectivity index (χ3v) is 4.99. The molecular formula is C14H22BrNO. The lowest BCUT2D eigenvalue weighted by atomic mass is 9.53. The summed E-state index contributed by atoms with van der Waals surface area (Å²) in [5.41, 5.74) is 0.382. The third kappa shape index (κ3) is 2.08. The SMILES string of the molecule is CCNC1CC(c2ccc(Br)o2)C1(CC)CC. The van der Waals surface area contributed by atoms with Crippen LogP contribution in [-0.4, -0.2) is 12.6 Å². The first-order valence-electron chi connectivity index (χ1n) is 6.66. The van der Waals surface area contributed by atoms with Gasteiger partial charge in [0.25, 0.3) is 0 Å². The highest BCUT2D eigenvalue weighted by molar-refractivity contribution is 9.10. The number of nitrogens with one attached hydrogen (secondary N) is 1. The van der Waals surface area contributed by atoms with Gasteiger partial charge >= 0.3 is 0 Å². The van der Waals surface area contributed by atoms with E-state index in [2.05, 4.69) is 48.1 Å². The molecule has 1 saturated carbocycles. The van der Waals surface area contributed by atoms with Gasteiger partial charge in [-0.25, -0.2) is 0 Å². The van der Waals surface area contributed by atoms with Crippen molar-refractivity contribution in [3.8, 4) is 0 Å². The first-order chi connectivity index (χ1) is 8.17. The molecule has 2 rings (SSSR count). The summed E-state index contributed by atoms with van der Waals surface area (Å²) >= 11 is 3.40. The average molecular weight is 300 g/mol. The molecule has 2 nitrogen and oxygen atoms in total. The molecule has 0 bridgehead atoms. The highest BCUT2D eigenvalue weighted by Gasteiger charge is 2.53. The number of rotatable bonds is 5. The maximum absolute atomic E-state index is 5.76. The molecule has 0 saturated heterocycles. The van der Waals surface area contributed by atoms with E-state index in [1.165, 1.54) is 19.3 Å². The van der Waals surface area contributed by atoms with Crippen LogP contribution in [0, 0.1) is 5.41 Å². The van der Waals surface area contributed by atoms with Gasteiger partial charge in [0.2, 0.25) is 0 Å². The van der Waals surface area contributed by atoms with Crippen LogP contribution >= 0.6 is 15.9 Å². The van der Waals surface area contributed by atoms with Gasteiger partial charge in [0, 0.05) is 12.0 Å². The average Bonchev–Trinajstić information content (AvgIpc) is 2.72. The fourth-order valence-corrected chi connectivity index (χ4v) is 3.79. The summed E-state index contributed by atoms with van der Waals surface area (Å²) in [5.74, 6) is 1.72. The molecule has 1 aliphatic rings. The lowest BCUT2D eigenvalue weighted by molar-refractivity contribution is 0.00961. The van der Waals surface area contributed by atoms with Gasteiger partial charge in [-0.05, 0) is 59.3 Å². The zero-order valence-corrected chi connectivity index (χ0v) is 12.5. The molecule has 17 heavy (non-hydrogen) atoms. The van der Waals surface area contributed by atoms with Crippen molar-refractivity contribution in [3.05, 3.63) is 22.6 Å². The van der Waals surface area contributed by atoms with Crippen LogP contribution in [0.2, 0.25) is 0 Å². The van der Waals surface area contributed by atoms with E-state index in [0.717, 1.165) is 17.0 Å². The first-order valence-corrected chi connectivity index (χ1v) is 7.45. The maximum atomic E-state index is 5.76. The van der Waals surface area contributed by atoms with Crippen molar-refractivity contribution in [1.29, 1.82) is 0 Å². The molecular weight excluding hydrogens is 278 g/mol. The van der Waals surface area contributed by atoms with E-state index in [1.807, 2.05) is 6.07 Å². The fraction of sp³-hybridized carbons (Fsp3) is 0.714. The summed E-state index contributed by atoms with van der Waals surface area (Å²) in [6.07, 6.45) is 3.63. The Morgan fingerprint density at radius 2 is 2.06 bits per heavy atom. The van der Waals surface area contributed by atoms with Crippen LogP contribution in [0.1, 0.15) is 51.7 Å². The molecule has 2 unspecified atom stereocenters. The molecule has 0 aromatic carbocycles. The van der Waals surface area contributed by atoms with Crippen LogP contribution in [-0.2, 0) is 0 Å². The van der Waals surface area contributed by atoms with Crippen LogP contribution in [0.15, 0.2) is 21.2 Å². The molecule has 1 N–H and O–H groups in total. The number of halogens is 1. The topological polar surface area (TPSA) is 25.2 Å². The van der Waals surface area contributed by atoms with E-state index < -0.39 is 0 Å². The van der Waals surface area contributed by atoms with E-state index >= 15 is 0 Å². The lowest BCUT2D eigenvalue weighted by Crippen LogP contribution is -2.58. The van der Waals surface area contributed by atoms with Gasteiger partial charge in [-0.2, -0.15) is 0 Å². The predicted octanol–water partition coefficient (Wildman–Crippen LogP) is 4.31. The van der Waals surface area contributed by atoms with Crippen molar-refractivity contribution in [1.82, 2.24) is 5.32 Å². The van der Waals surface area contributed by atoms with Gasteiger partial charge in [-0.1, -0.05) is 20.8 Å². The van der Waals surface area contributed by atoms with Crippen molar-refractivity contribution in [2.24, 2.45) is 5.41 Å². The van der Waals surface area contributed by atoms with E-state index in [4.69, 9.17) is 4.42 Å². The minimum Gasteiger partial charge on any atom is -0.454 e. The zero-order valence-electron chi connectivity index (χ0n) is 10.9. The summed E-state index contributed by atoms with van der Waals surface area (Å²) in [5, 5.41) is 3.63. The Morgan fingerprint density at radius 1 is 1.35 bits per heavy atom. The van der Waals surface area contributed by atoms with Gasteiger partial charge in [0.15, 0.2) is 4.67 Å². The number of furan rings is 1. The molecule has 0 aliphatic heterocycles. The molecule has 1 heterocycles. The van der Waals surface area contributed by atoms with Gasteiger partial charge in [0.05, 0.1) is 0 Å². The summed E-state index contributed by atoms with van der Waals surface area (Å²) in [6, 6.07) is 4.78. The smallest absolute Gasteiger partial charge is 0.169 e. The second kappa shape index (κ2) is 5.15. The minimum atomic E-state index is 0.382. The lowest BCUT2D eigenvalue weighted by Gasteiger charge is -2.55. The van der Waals surface area contributed by atoms with E-state index in [1.54, 1.807) is 0 Å². The van der Waals surface area contributed by atoms with Gasteiger partial charge in [0.1, 0.15) is 5.76 Å². The third-order valence-electron chi connectivity index (χ3n) is 4.56. The Kier molecular flexibility index (Phi) is 3.99. The van der Waals surface area contributed by atoms with Gasteiger partial charge in [-0.3, -0.25) is 0 Å². The molecule has 0 radical (unpaired) electrons. The largest absolute Gasteiger partial charge is 0.454 e. The van der Waals surface area contributed by atoms with Crippen molar-refractivity contribution >= 4 is 15.9 Å². The van der Waals surface area contributed by atoms with Crippen LogP contribution < -0.4 is 5.32 Å². The normalized spacial score (nSPS) is 26.8. The van der Waals surface area contributed by atoms with Crippen molar-refractivity contribution < 1.29 is 4.42 Å². The van der Waals surface area contributed by atoms with Gasteiger partial charge in [-0.15, -0.1) is 0 Å². The van der Waals surface area contributed by atoms with Crippen molar-refractivity contribution in [2.45, 2.75) is 52.0 Å². The minimum absolute atomic E-state index is 0.382. The molecule has 0 spiro atoms. The van der Waals surface area contributed by atoms with E-state index in [0.29, 0.717) is 17.4 Å². The molecule has 96 valence electrons. The second-order valence-corrected chi connectivity index (χ2v) is 5.76. The van der Waals surface area contributed by atoms with E-state index in [9.17, 15) is 0 Å². The standard InChI is InChI=1S/C14H22BrNO/c1-4-14(5-2)10(9-12(14)16-6-3)11-7-8-13(15)17-11/h7-8,10,12,16H,4-6,9H2,1-3H3. The first kappa shape index (κ1) is 13.2. The highest BCUT2D eigenvalue weighted by atomic mass is 79.9. The van der Waals surface area contributed by atoms with Crippen molar-refractivity contribution in [3.63, 3.8) is 0 Å². The maximum Gasteiger partial charge on any atom is 0.169 e. The predicted molar refractivity (Wildman–Crippen MR) is 74.2 cm³/mol. The summed E-state index contributed by atoms with van der Waals surface area (Å²) in [4.78, 5) is 0. The zero-order chi connectivity index (χ0) is 12.5. The Hall–Kier alpha value is -0.280. The van der Waals surface area contributed by atoms with Crippen LogP contribution in [0.25, 0.3) is 0 Å².